The molecule has 6 amide bonds. The quantitative estimate of drug-likeness (QED) is 0.262. The van der Waals surface area contributed by atoms with Crippen LogP contribution in [0.5, 0.6) is 0 Å². The highest BCUT2D eigenvalue weighted by molar-refractivity contribution is 6.37. The molecule has 3 aliphatic rings. The van der Waals surface area contributed by atoms with Gasteiger partial charge >= 0.3 is 12.2 Å². The molecule has 0 spiro atoms. The van der Waals surface area contributed by atoms with Crippen molar-refractivity contribution in [2.24, 2.45) is 33.8 Å². The fourth-order valence-electron chi connectivity index (χ4n) is 6.71. The number of rotatable bonds is 10. The first-order chi connectivity index (χ1) is 20.9. The van der Waals surface area contributed by atoms with Gasteiger partial charge in [0.25, 0.3) is 5.91 Å². The fraction of sp³-hybridized carbons (Fsp3) is 0.806. The second-order valence-corrected chi connectivity index (χ2v) is 15.6. The number of urea groups is 1. The minimum Gasteiger partial charge on any atom is -0.363 e. The number of ketones is 1. The smallest absolute Gasteiger partial charge is 0.363 e. The van der Waals surface area contributed by atoms with Gasteiger partial charge < -0.3 is 31.5 Å². The van der Waals surface area contributed by atoms with E-state index in [2.05, 4.69) is 16.0 Å². The van der Waals surface area contributed by atoms with Crippen LogP contribution in [0.4, 0.5) is 18.0 Å². The number of alkyl halides is 3. The van der Waals surface area contributed by atoms with Crippen molar-refractivity contribution >= 4 is 35.4 Å². The van der Waals surface area contributed by atoms with Gasteiger partial charge in [-0.2, -0.15) is 13.2 Å². The van der Waals surface area contributed by atoms with E-state index in [1.807, 2.05) is 34.6 Å². The number of carbonyl (C=O) groups is 6. The molecule has 5 N–H and O–H groups in total. The normalized spacial score (nSPS) is 24.4. The first kappa shape index (κ1) is 37.1. The number of halogens is 3. The predicted molar refractivity (Wildman–Crippen MR) is 162 cm³/mol. The molecule has 2 aliphatic heterocycles. The third-order valence-corrected chi connectivity index (χ3v) is 9.55. The Morgan fingerprint density at radius 3 is 1.80 bits per heavy atom. The number of piperidine rings is 1. The summed E-state index contributed by atoms with van der Waals surface area (Å²) in [5.41, 5.74) is 3.16. The molecular formula is C31H49F3N6O6. The number of primary amides is 1. The number of likely N-dealkylation sites (tertiary alicyclic amines) is 2. The first-order valence-electron chi connectivity index (χ1n) is 15.7. The van der Waals surface area contributed by atoms with Crippen LogP contribution in [-0.2, 0) is 24.0 Å². The molecule has 260 valence electrons. The van der Waals surface area contributed by atoms with Crippen LogP contribution in [0, 0.1) is 28.1 Å². The molecule has 3 rings (SSSR count). The Kier molecular flexibility index (Phi) is 10.5. The molecule has 0 aromatic rings. The monoisotopic (exact) mass is 658 g/mol. The number of fused-ring (bicyclic) bond motifs is 1. The number of nitrogens with zero attached hydrogens (tertiary/aromatic N) is 2. The Balaban J connectivity index is 1.84. The predicted octanol–water partition coefficient (Wildman–Crippen LogP) is 2.10. The van der Waals surface area contributed by atoms with Crippen LogP contribution in [0.15, 0.2) is 0 Å². The van der Waals surface area contributed by atoms with Crippen LogP contribution in [-0.4, -0.2) is 95.2 Å². The second-order valence-electron chi connectivity index (χ2n) is 15.6. The molecule has 3 fully saturated rings. The van der Waals surface area contributed by atoms with Crippen LogP contribution in [0.3, 0.4) is 0 Å². The lowest BCUT2D eigenvalue weighted by molar-refractivity contribution is -0.147. The van der Waals surface area contributed by atoms with Crippen molar-refractivity contribution in [3.63, 3.8) is 0 Å². The van der Waals surface area contributed by atoms with Gasteiger partial charge in [0.1, 0.15) is 18.1 Å². The lowest BCUT2D eigenvalue weighted by Crippen LogP contribution is -2.63. The standard InChI is InChI=1S/C31H49F3N6O6/c1-28(2,3)21(25(44)39-13-9-10-14-39)37-27(46)38-22(29(4,5)6)26(45)40-15-16-18(30(16,7)8)19(40)24(43)36-17(20(41)23(35)42)11-12-31(32,33)34/h16-19,21-22H,9-15H2,1-8H3,(H2,35,42)(H,36,43)(H2,37,38,46)/t16-,17?,18-,19?,21+,22+/m0/s1. The van der Waals surface area contributed by atoms with Crippen molar-refractivity contribution in [3.05, 3.63) is 0 Å². The zero-order chi connectivity index (χ0) is 35.2. The highest BCUT2D eigenvalue weighted by Gasteiger charge is 2.70. The topological polar surface area (TPSA) is 171 Å². The summed E-state index contributed by atoms with van der Waals surface area (Å²) in [7, 11) is 0. The minimum absolute atomic E-state index is 0.120. The molecule has 0 bridgehead atoms. The summed E-state index contributed by atoms with van der Waals surface area (Å²) < 4.78 is 38.9. The highest BCUT2D eigenvalue weighted by atomic mass is 19.4. The van der Waals surface area contributed by atoms with Crippen molar-refractivity contribution in [1.29, 1.82) is 0 Å². The highest BCUT2D eigenvalue weighted by Crippen LogP contribution is 2.65. The summed E-state index contributed by atoms with van der Waals surface area (Å²) in [6, 6.07) is -5.79. The van der Waals surface area contributed by atoms with E-state index in [0.29, 0.717) is 13.1 Å². The van der Waals surface area contributed by atoms with Gasteiger partial charge in [-0.1, -0.05) is 55.4 Å². The number of hydrogen-bond acceptors (Lipinski definition) is 6. The van der Waals surface area contributed by atoms with Crippen LogP contribution >= 0.6 is 0 Å². The Morgan fingerprint density at radius 1 is 0.848 bits per heavy atom. The van der Waals surface area contributed by atoms with Crippen LogP contribution in [0.2, 0.25) is 0 Å². The van der Waals surface area contributed by atoms with Gasteiger partial charge in [0.2, 0.25) is 23.5 Å². The number of carbonyl (C=O) groups excluding carboxylic acids is 6. The summed E-state index contributed by atoms with van der Waals surface area (Å²) in [6.45, 7) is 15.8. The molecule has 0 aromatic heterocycles. The average molecular weight is 659 g/mol. The number of amides is 6. The van der Waals surface area contributed by atoms with E-state index >= 15 is 0 Å². The Bertz CT molecular complexity index is 1230. The SMILES string of the molecule is CC(C)(C)[C@H](NC(=O)N[C@H](C(=O)N1C[C@H]2[C@@H](C1C(=O)NC(CCC(F)(F)F)C(=O)C(N)=O)C2(C)C)C(C)(C)C)C(=O)N1CCCC1. The van der Waals surface area contributed by atoms with Gasteiger partial charge in [-0.15, -0.1) is 0 Å². The molecule has 2 saturated heterocycles. The lowest BCUT2D eigenvalue weighted by Gasteiger charge is -2.39. The van der Waals surface area contributed by atoms with E-state index in [9.17, 15) is 41.9 Å². The minimum atomic E-state index is -4.66. The maximum Gasteiger partial charge on any atom is 0.389 e. The molecule has 12 nitrogen and oxygen atoms in total. The fourth-order valence-corrected chi connectivity index (χ4v) is 6.71. The number of hydrogen-bond donors (Lipinski definition) is 4. The Hall–Kier alpha value is -3.39. The van der Waals surface area contributed by atoms with Crippen LogP contribution in [0.25, 0.3) is 0 Å². The summed E-state index contributed by atoms with van der Waals surface area (Å²) in [5.74, 6) is -5.06. The van der Waals surface area contributed by atoms with E-state index in [4.69, 9.17) is 5.73 Å². The molecule has 0 radical (unpaired) electrons. The van der Waals surface area contributed by atoms with Crippen LogP contribution < -0.4 is 21.7 Å². The molecule has 1 aliphatic carbocycles. The summed E-state index contributed by atoms with van der Waals surface area (Å²) in [5, 5.41) is 7.74. The van der Waals surface area contributed by atoms with E-state index in [1.54, 1.807) is 25.7 Å². The maximum absolute atomic E-state index is 14.2. The van der Waals surface area contributed by atoms with Gasteiger partial charge in [-0.05, 0) is 47.3 Å². The average Bonchev–Trinajstić information content (AvgIpc) is 3.36. The van der Waals surface area contributed by atoms with Gasteiger partial charge in [0, 0.05) is 26.1 Å². The van der Waals surface area contributed by atoms with E-state index in [0.717, 1.165) is 12.8 Å². The van der Waals surface area contributed by atoms with Gasteiger partial charge in [0.05, 0.1) is 6.04 Å². The molecule has 2 unspecified atom stereocenters. The second kappa shape index (κ2) is 13.0. The third-order valence-electron chi connectivity index (χ3n) is 9.55. The molecule has 46 heavy (non-hydrogen) atoms. The van der Waals surface area contributed by atoms with Gasteiger partial charge in [0.15, 0.2) is 0 Å². The number of nitrogens with two attached hydrogens (primary N) is 1. The third kappa shape index (κ3) is 8.30. The molecule has 15 heteroatoms. The zero-order valence-corrected chi connectivity index (χ0v) is 28.0. The summed E-state index contributed by atoms with van der Waals surface area (Å²) >= 11 is 0. The Morgan fingerprint density at radius 2 is 1.35 bits per heavy atom. The largest absolute Gasteiger partial charge is 0.389 e. The molecule has 0 aromatic carbocycles. The number of Topliss-reactive ketones (excluding diaryl/α,β-unsaturated/α-hetero) is 1. The van der Waals surface area contributed by atoms with E-state index in [1.165, 1.54) is 4.90 Å². The lowest BCUT2D eigenvalue weighted by atomic mass is 9.84. The van der Waals surface area contributed by atoms with Crippen molar-refractivity contribution < 1.29 is 41.9 Å². The first-order valence-corrected chi connectivity index (χ1v) is 15.7. The molecular weight excluding hydrogens is 609 g/mol. The zero-order valence-electron chi connectivity index (χ0n) is 28.0. The van der Waals surface area contributed by atoms with Crippen molar-refractivity contribution in [1.82, 2.24) is 25.8 Å². The van der Waals surface area contributed by atoms with E-state index in [-0.39, 0.29) is 29.7 Å². The number of nitrogens with one attached hydrogen (secondary N) is 3. The Labute approximate surface area is 268 Å². The maximum atomic E-state index is 14.2. The summed E-state index contributed by atoms with van der Waals surface area (Å²) in [6.07, 6.45) is -5.25. The molecule has 6 atom stereocenters. The van der Waals surface area contributed by atoms with Crippen molar-refractivity contribution in [2.75, 3.05) is 19.6 Å². The molecule has 2 heterocycles. The van der Waals surface area contributed by atoms with Gasteiger partial charge in [-0.25, -0.2) is 4.79 Å². The van der Waals surface area contributed by atoms with Gasteiger partial charge in [-0.3, -0.25) is 24.0 Å². The summed E-state index contributed by atoms with van der Waals surface area (Å²) in [4.78, 5) is 81.5. The van der Waals surface area contributed by atoms with Crippen molar-refractivity contribution in [3.8, 4) is 0 Å². The van der Waals surface area contributed by atoms with E-state index < -0.39 is 83.6 Å². The van der Waals surface area contributed by atoms with Crippen LogP contribution in [0.1, 0.15) is 81.1 Å². The van der Waals surface area contributed by atoms with Crippen molar-refractivity contribution in [2.45, 2.75) is 111 Å². The molecule has 1 saturated carbocycles.